The van der Waals surface area contributed by atoms with Crippen molar-refractivity contribution in [2.75, 3.05) is 0 Å². The van der Waals surface area contributed by atoms with E-state index in [9.17, 15) is 0 Å². The molecular formula is C17H17ClN2O. The quantitative estimate of drug-likeness (QED) is 0.688. The van der Waals surface area contributed by atoms with Crippen LogP contribution in [0.2, 0.25) is 5.02 Å². The zero-order valence-corrected chi connectivity index (χ0v) is 12.8. The van der Waals surface area contributed by atoms with Crippen molar-refractivity contribution in [3.05, 3.63) is 59.4 Å². The summed E-state index contributed by atoms with van der Waals surface area (Å²) in [6, 6.07) is 15.9. The molecule has 108 valence electrons. The van der Waals surface area contributed by atoms with Crippen LogP contribution in [0.3, 0.4) is 0 Å². The molecule has 2 aromatic carbocycles. The van der Waals surface area contributed by atoms with Crippen LogP contribution in [0.15, 0.2) is 48.5 Å². The van der Waals surface area contributed by atoms with Crippen molar-refractivity contribution in [2.45, 2.75) is 26.5 Å². The molecule has 0 N–H and O–H groups in total. The van der Waals surface area contributed by atoms with Gasteiger partial charge in [0.1, 0.15) is 18.2 Å². The zero-order valence-electron chi connectivity index (χ0n) is 12.1. The van der Waals surface area contributed by atoms with E-state index in [1.54, 1.807) is 0 Å². The third-order valence-corrected chi connectivity index (χ3v) is 3.59. The fourth-order valence-electron chi connectivity index (χ4n) is 2.46. The molecule has 0 atom stereocenters. The Morgan fingerprint density at radius 2 is 1.90 bits per heavy atom. The molecule has 0 amide bonds. The maximum absolute atomic E-state index is 6.05. The standard InChI is InChI=1S/C17H17ClN2O/c1-12(2)20-16-9-8-13(18)10-15(16)19-17(20)11-21-14-6-4-3-5-7-14/h3-10,12H,11H2,1-2H3. The van der Waals surface area contributed by atoms with Gasteiger partial charge >= 0.3 is 0 Å². The number of hydrogen-bond acceptors (Lipinski definition) is 2. The first-order chi connectivity index (χ1) is 10.1. The third-order valence-electron chi connectivity index (χ3n) is 3.35. The second-order valence-corrected chi connectivity index (χ2v) is 5.66. The van der Waals surface area contributed by atoms with Gasteiger partial charge in [-0.1, -0.05) is 29.8 Å². The molecule has 4 heteroatoms. The molecule has 0 spiro atoms. The molecule has 1 aromatic heterocycles. The van der Waals surface area contributed by atoms with Crippen molar-refractivity contribution >= 4 is 22.6 Å². The highest BCUT2D eigenvalue weighted by atomic mass is 35.5. The second kappa shape index (κ2) is 5.78. The van der Waals surface area contributed by atoms with E-state index in [0.717, 1.165) is 22.6 Å². The number of fused-ring (bicyclic) bond motifs is 1. The van der Waals surface area contributed by atoms with Gasteiger partial charge in [-0.3, -0.25) is 0 Å². The van der Waals surface area contributed by atoms with Gasteiger partial charge in [0.25, 0.3) is 0 Å². The molecule has 3 nitrogen and oxygen atoms in total. The van der Waals surface area contributed by atoms with Crippen LogP contribution in [0.1, 0.15) is 25.7 Å². The van der Waals surface area contributed by atoms with Crippen LogP contribution in [0.5, 0.6) is 5.75 Å². The molecule has 21 heavy (non-hydrogen) atoms. The van der Waals surface area contributed by atoms with Crippen LogP contribution >= 0.6 is 11.6 Å². The molecule has 0 unspecified atom stereocenters. The molecule has 0 aliphatic rings. The highest BCUT2D eigenvalue weighted by Crippen LogP contribution is 2.24. The fraction of sp³-hybridized carbons (Fsp3) is 0.235. The van der Waals surface area contributed by atoms with Crippen molar-refractivity contribution in [2.24, 2.45) is 0 Å². The Kier molecular flexibility index (Phi) is 3.84. The van der Waals surface area contributed by atoms with Gasteiger partial charge in [0.2, 0.25) is 0 Å². The molecule has 3 aromatic rings. The minimum Gasteiger partial charge on any atom is -0.486 e. The predicted octanol–water partition coefficient (Wildman–Crippen LogP) is 4.85. The molecule has 1 heterocycles. The Bertz CT molecular complexity index is 750. The van der Waals surface area contributed by atoms with E-state index in [1.807, 2.05) is 48.5 Å². The largest absolute Gasteiger partial charge is 0.486 e. The van der Waals surface area contributed by atoms with Gasteiger partial charge in [-0.05, 0) is 44.2 Å². The average molecular weight is 301 g/mol. The Morgan fingerprint density at radius 1 is 1.14 bits per heavy atom. The third kappa shape index (κ3) is 2.88. The maximum Gasteiger partial charge on any atom is 0.148 e. The molecule has 0 bridgehead atoms. The number of rotatable bonds is 4. The van der Waals surface area contributed by atoms with Crippen molar-refractivity contribution in [3.63, 3.8) is 0 Å². The van der Waals surface area contributed by atoms with Gasteiger partial charge in [0.05, 0.1) is 11.0 Å². The lowest BCUT2D eigenvalue weighted by Crippen LogP contribution is -2.09. The van der Waals surface area contributed by atoms with Crippen LogP contribution in [-0.2, 0) is 6.61 Å². The van der Waals surface area contributed by atoms with Gasteiger partial charge in [0.15, 0.2) is 0 Å². The van der Waals surface area contributed by atoms with Crippen molar-refractivity contribution in [3.8, 4) is 5.75 Å². The summed E-state index contributed by atoms with van der Waals surface area (Å²) in [5, 5.41) is 0.700. The van der Waals surface area contributed by atoms with E-state index in [2.05, 4.69) is 23.4 Å². The van der Waals surface area contributed by atoms with Gasteiger partial charge < -0.3 is 9.30 Å². The number of halogens is 1. The van der Waals surface area contributed by atoms with Crippen LogP contribution in [0.4, 0.5) is 0 Å². The topological polar surface area (TPSA) is 27.1 Å². The molecule has 0 fully saturated rings. The molecule has 0 saturated carbocycles. The smallest absolute Gasteiger partial charge is 0.148 e. The summed E-state index contributed by atoms with van der Waals surface area (Å²) < 4.78 is 8.02. The molecular weight excluding hydrogens is 284 g/mol. The highest BCUT2D eigenvalue weighted by molar-refractivity contribution is 6.31. The van der Waals surface area contributed by atoms with E-state index in [0.29, 0.717) is 17.7 Å². The van der Waals surface area contributed by atoms with Gasteiger partial charge in [-0.25, -0.2) is 4.98 Å². The zero-order chi connectivity index (χ0) is 14.8. The summed E-state index contributed by atoms with van der Waals surface area (Å²) in [5.74, 6) is 1.75. The van der Waals surface area contributed by atoms with Crippen LogP contribution in [0.25, 0.3) is 11.0 Å². The van der Waals surface area contributed by atoms with Crippen molar-refractivity contribution in [1.82, 2.24) is 9.55 Å². The Hall–Kier alpha value is -2.00. The first-order valence-corrected chi connectivity index (χ1v) is 7.37. The summed E-state index contributed by atoms with van der Waals surface area (Å²) in [4.78, 5) is 4.66. The molecule has 0 radical (unpaired) electrons. The van der Waals surface area contributed by atoms with Gasteiger partial charge in [-0.2, -0.15) is 0 Å². The lowest BCUT2D eigenvalue weighted by Gasteiger charge is -2.13. The van der Waals surface area contributed by atoms with E-state index in [4.69, 9.17) is 16.3 Å². The number of para-hydroxylation sites is 1. The first-order valence-electron chi connectivity index (χ1n) is 6.99. The fourth-order valence-corrected chi connectivity index (χ4v) is 2.63. The number of nitrogens with zero attached hydrogens (tertiary/aromatic N) is 2. The number of hydrogen-bond donors (Lipinski definition) is 0. The van der Waals surface area contributed by atoms with Gasteiger partial charge in [-0.15, -0.1) is 0 Å². The summed E-state index contributed by atoms with van der Waals surface area (Å²) in [7, 11) is 0. The molecule has 3 rings (SSSR count). The van der Waals surface area contributed by atoms with Crippen LogP contribution in [-0.4, -0.2) is 9.55 Å². The Balaban J connectivity index is 1.95. The summed E-state index contributed by atoms with van der Waals surface area (Å²) in [6.45, 7) is 4.72. The number of ether oxygens (including phenoxy) is 1. The maximum atomic E-state index is 6.05. The van der Waals surface area contributed by atoms with E-state index < -0.39 is 0 Å². The Labute approximate surface area is 129 Å². The Morgan fingerprint density at radius 3 is 2.62 bits per heavy atom. The summed E-state index contributed by atoms with van der Waals surface area (Å²) in [6.07, 6.45) is 0. The summed E-state index contributed by atoms with van der Waals surface area (Å²) >= 11 is 6.05. The second-order valence-electron chi connectivity index (χ2n) is 5.23. The van der Waals surface area contributed by atoms with E-state index >= 15 is 0 Å². The monoisotopic (exact) mass is 300 g/mol. The number of imidazole rings is 1. The van der Waals surface area contributed by atoms with E-state index in [-0.39, 0.29) is 0 Å². The molecule has 0 aliphatic carbocycles. The van der Waals surface area contributed by atoms with Crippen molar-refractivity contribution in [1.29, 1.82) is 0 Å². The summed E-state index contributed by atoms with van der Waals surface area (Å²) in [5.41, 5.74) is 1.99. The molecule has 0 saturated heterocycles. The minimum atomic E-state index is 0.311. The van der Waals surface area contributed by atoms with Gasteiger partial charge in [0, 0.05) is 11.1 Å². The lowest BCUT2D eigenvalue weighted by molar-refractivity contribution is 0.287. The van der Waals surface area contributed by atoms with Crippen LogP contribution in [0, 0.1) is 0 Å². The van der Waals surface area contributed by atoms with Crippen LogP contribution < -0.4 is 4.74 Å². The van der Waals surface area contributed by atoms with E-state index in [1.165, 1.54) is 0 Å². The number of aromatic nitrogens is 2. The highest BCUT2D eigenvalue weighted by Gasteiger charge is 2.14. The normalized spacial score (nSPS) is 11.2. The first kappa shape index (κ1) is 14.0. The minimum absolute atomic E-state index is 0.311. The van der Waals surface area contributed by atoms with Crippen molar-refractivity contribution < 1.29 is 4.74 Å². The predicted molar refractivity (Wildman–Crippen MR) is 85.9 cm³/mol. The number of benzene rings is 2. The average Bonchev–Trinajstić information content (AvgIpc) is 2.83. The molecule has 0 aliphatic heterocycles. The lowest BCUT2D eigenvalue weighted by atomic mass is 10.3. The SMILES string of the molecule is CC(C)n1c(COc2ccccc2)nc2cc(Cl)ccc21.